The molecule has 0 bridgehead atoms. The van der Waals surface area contributed by atoms with Gasteiger partial charge in [-0.1, -0.05) is 5.16 Å². The number of rotatable bonds is 18. The molecule has 1 aliphatic heterocycles. The van der Waals surface area contributed by atoms with E-state index in [1.807, 2.05) is 0 Å². The molecule has 0 aliphatic carbocycles. The van der Waals surface area contributed by atoms with Gasteiger partial charge in [-0.15, -0.1) is 22.9 Å². The van der Waals surface area contributed by atoms with Crippen LogP contribution in [0.25, 0.3) is 0 Å². The molecule has 1 fully saturated rings. The Kier molecular flexibility index (Phi) is 13.4. The first-order valence-electron chi connectivity index (χ1n) is 14.6. The van der Waals surface area contributed by atoms with Gasteiger partial charge in [-0.2, -0.15) is 0 Å². The topological polar surface area (TPSA) is 304 Å². The number of non-ortho nitro benzene ring substituents is 2. The van der Waals surface area contributed by atoms with Crippen molar-refractivity contribution in [3.8, 4) is 0 Å². The standard InChI is InChI=1S/C29H25ClN8O14S/c30-9-20(39)33-29-32-19(14-53-29)23(35-51-12-21(40)49-10-15-1-5-17(6-2-15)37(45)46)27(43)34-24-25(26(31)42)36(28(24)44)52-13-22(41)50-11-16-3-7-18(8-4-16)38(47)48/h1-8,14,24-25H,9-13H2,(H2,31,42)(H,34,43)(H,32,33,39)/t24-,25+/m0/s1. The molecule has 53 heavy (non-hydrogen) atoms. The lowest BCUT2D eigenvalue weighted by molar-refractivity contribution is -0.385. The van der Waals surface area contributed by atoms with Crippen molar-refractivity contribution in [2.24, 2.45) is 10.9 Å². The number of hydrogen-bond acceptors (Lipinski definition) is 17. The van der Waals surface area contributed by atoms with Gasteiger partial charge in [-0.3, -0.25) is 44.2 Å². The summed E-state index contributed by atoms with van der Waals surface area (Å²) in [6.07, 6.45) is 0. The van der Waals surface area contributed by atoms with Crippen molar-refractivity contribution in [1.82, 2.24) is 15.4 Å². The van der Waals surface area contributed by atoms with E-state index in [-0.39, 0.29) is 35.4 Å². The number of nitrogens with zero attached hydrogens (tertiary/aromatic N) is 5. The second kappa shape index (κ2) is 18.1. The number of hydroxylamine groups is 2. The van der Waals surface area contributed by atoms with Crippen molar-refractivity contribution >= 4 is 80.7 Å². The van der Waals surface area contributed by atoms with Crippen LogP contribution in [0.4, 0.5) is 16.5 Å². The van der Waals surface area contributed by atoms with E-state index in [1.54, 1.807) is 0 Å². The number of primary amides is 1. The van der Waals surface area contributed by atoms with Crippen molar-refractivity contribution in [1.29, 1.82) is 0 Å². The number of nitro benzene ring substituents is 2. The summed E-state index contributed by atoms with van der Waals surface area (Å²) >= 11 is 6.35. The molecule has 3 aromatic rings. The Morgan fingerprint density at radius 1 is 0.925 bits per heavy atom. The number of nitro groups is 2. The van der Waals surface area contributed by atoms with Crippen LogP contribution in [-0.2, 0) is 61.1 Å². The first-order valence-corrected chi connectivity index (χ1v) is 16.0. The Balaban J connectivity index is 1.37. The first kappa shape index (κ1) is 39.2. The Hall–Kier alpha value is -6.59. The van der Waals surface area contributed by atoms with Crippen molar-refractivity contribution < 1.29 is 57.8 Å². The molecule has 278 valence electrons. The maximum Gasteiger partial charge on any atom is 0.347 e. The van der Waals surface area contributed by atoms with E-state index < -0.39 is 82.3 Å². The molecule has 1 aliphatic rings. The molecule has 2 aromatic carbocycles. The maximum atomic E-state index is 13.4. The fraction of sp³-hybridized carbons (Fsp3) is 0.241. The molecular formula is C29H25ClN8O14S. The summed E-state index contributed by atoms with van der Waals surface area (Å²) in [4.78, 5) is 109. The molecule has 22 nitrogen and oxygen atoms in total. The SMILES string of the molecule is NC(=O)[C@H]1[C@H](NC(=O)C(=NOCC(=O)OCc2ccc([N+](=O)[O-])cc2)c2csc(NC(=O)CCl)n2)C(=O)N1OCC(=O)OCc1ccc([N+](=O)[O-])cc1. The lowest BCUT2D eigenvalue weighted by Crippen LogP contribution is -2.74. The third kappa shape index (κ3) is 10.7. The monoisotopic (exact) mass is 776 g/mol. The van der Waals surface area contributed by atoms with E-state index >= 15 is 0 Å². The largest absolute Gasteiger partial charge is 0.459 e. The number of aromatic nitrogens is 1. The van der Waals surface area contributed by atoms with Gasteiger partial charge in [0, 0.05) is 29.6 Å². The number of β-lactam (4-membered cyclic amide) rings is 1. The summed E-state index contributed by atoms with van der Waals surface area (Å²) in [6, 6.07) is 7.09. The quantitative estimate of drug-likeness (QED) is 0.0395. The van der Waals surface area contributed by atoms with Gasteiger partial charge in [0.05, 0.1) is 9.85 Å². The Bertz CT molecular complexity index is 1940. The van der Waals surface area contributed by atoms with Gasteiger partial charge < -0.3 is 30.7 Å². The molecule has 24 heteroatoms. The number of esters is 2. The van der Waals surface area contributed by atoms with E-state index in [4.69, 9.17) is 36.5 Å². The molecule has 0 spiro atoms. The molecule has 4 N–H and O–H groups in total. The highest BCUT2D eigenvalue weighted by Crippen LogP contribution is 2.22. The highest BCUT2D eigenvalue weighted by atomic mass is 35.5. The van der Waals surface area contributed by atoms with Crippen LogP contribution in [0.2, 0.25) is 0 Å². The Morgan fingerprint density at radius 2 is 1.47 bits per heavy atom. The van der Waals surface area contributed by atoms with Crippen LogP contribution in [0.3, 0.4) is 0 Å². The average Bonchev–Trinajstić information content (AvgIpc) is 3.59. The van der Waals surface area contributed by atoms with Crippen molar-refractivity contribution in [3.05, 3.63) is 91.0 Å². The second-order valence-electron chi connectivity index (χ2n) is 10.3. The van der Waals surface area contributed by atoms with Gasteiger partial charge in [0.1, 0.15) is 30.8 Å². The number of halogens is 1. The molecule has 0 unspecified atom stereocenters. The van der Waals surface area contributed by atoms with Gasteiger partial charge in [0.15, 0.2) is 23.5 Å². The number of thiazole rings is 1. The molecule has 0 radical (unpaired) electrons. The lowest BCUT2D eigenvalue weighted by Gasteiger charge is -2.43. The maximum absolute atomic E-state index is 13.4. The normalized spacial score (nSPS) is 15.1. The highest BCUT2D eigenvalue weighted by Gasteiger charge is 2.53. The lowest BCUT2D eigenvalue weighted by atomic mass is 9.97. The Morgan fingerprint density at radius 3 is 1.98 bits per heavy atom. The minimum atomic E-state index is -1.62. The number of carbonyl (C=O) groups excluding carboxylic acids is 6. The molecule has 2 heterocycles. The third-order valence-corrected chi connectivity index (χ3v) is 7.71. The van der Waals surface area contributed by atoms with Crippen LogP contribution in [0.5, 0.6) is 0 Å². The predicted octanol–water partition coefficient (Wildman–Crippen LogP) is 0.457. The molecule has 2 atom stereocenters. The number of ether oxygens (including phenoxy) is 2. The minimum Gasteiger partial charge on any atom is -0.459 e. The second-order valence-corrected chi connectivity index (χ2v) is 11.5. The first-order chi connectivity index (χ1) is 25.3. The van der Waals surface area contributed by atoms with Gasteiger partial charge >= 0.3 is 11.9 Å². The number of benzene rings is 2. The van der Waals surface area contributed by atoms with Crippen molar-refractivity contribution in [2.75, 3.05) is 24.4 Å². The van der Waals surface area contributed by atoms with Crippen LogP contribution in [0.15, 0.2) is 59.1 Å². The fourth-order valence-corrected chi connectivity index (χ4v) is 4.92. The van der Waals surface area contributed by atoms with Gasteiger partial charge in [0.25, 0.3) is 23.2 Å². The summed E-state index contributed by atoms with van der Waals surface area (Å²) in [5.41, 5.74) is 5.09. The Labute approximate surface area is 305 Å². The molecular weight excluding hydrogens is 752 g/mol. The van der Waals surface area contributed by atoms with Crippen molar-refractivity contribution in [3.63, 3.8) is 0 Å². The number of alkyl halides is 1. The number of anilines is 1. The zero-order valence-electron chi connectivity index (χ0n) is 26.7. The number of hydrogen-bond donors (Lipinski definition) is 3. The highest BCUT2D eigenvalue weighted by molar-refractivity contribution is 7.14. The zero-order valence-corrected chi connectivity index (χ0v) is 28.3. The summed E-state index contributed by atoms with van der Waals surface area (Å²) < 4.78 is 10.0. The summed E-state index contributed by atoms with van der Waals surface area (Å²) in [7, 11) is 0. The van der Waals surface area contributed by atoms with Crippen LogP contribution in [0.1, 0.15) is 16.8 Å². The predicted molar refractivity (Wildman–Crippen MR) is 177 cm³/mol. The van der Waals surface area contributed by atoms with E-state index in [0.29, 0.717) is 16.2 Å². The van der Waals surface area contributed by atoms with Gasteiger partial charge in [0.2, 0.25) is 18.4 Å². The summed E-state index contributed by atoms with van der Waals surface area (Å²) in [6.45, 7) is -2.26. The molecule has 1 saturated heterocycles. The number of nitrogens with one attached hydrogen (secondary N) is 2. The third-order valence-electron chi connectivity index (χ3n) is 6.71. The van der Waals surface area contributed by atoms with E-state index in [1.165, 1.54) is 53.9 Å². The number of amides is 4. The average molecular weight is 777 g/mol. The van der Waals surface area contributed by atoms with Crippen LogP contribution < -0.4 is 16.4 Å². The number of nitrogens with two attached hydrogens (primary N) is 1. The molecule has 4 rings (SSSR count). The smallest absolute Gasteiger partial charge is 0.347 e. The number of oxime groups is 1. The summed E-state index contributed by atoms with van der Waals surface area (Å²) in [5.74, 6) is -6.27. The van der Waals surface area contributed by atoms with Crippen LogP contribution >= 0.6 is 22.9 Å². The van der Waals surface area contributed by atoms with E-state index in [0.717, 1.165) is 11.3 Å². The van der Waals surface area contributed by atoms with Gasteiger partial charge in [-0.25, -0.2) is 19.6 Å². The molecule has 1 aromatic heterocycles. The van der Waals surface area contributed by atoms with Crippen molar-refractivity contribution in [2.45, 2.75) is 25.3 Å². The fourth-order valence-electron chi connectivity index (χ4n) is 4.14. The van der Waals surface area contributed by atoms with Crippen LogP contribution in [0, 0.1) is 20.2 Å². The van der Waals surface area contributed by atoms with E-state index in [9.17, 15) is 49.0 Å². The minimum absolute atomic E-state index is 0.0107. The van der Waals surface area contributed by atoms with E-state index in [2.05, 4.69) is 20.8 Å². The van der Waals surface area contributed by atoms with Gasteiger partial charge in [-0.05, 0) is 35.4 Å². The van der Waals surface area contributed by atoms with Crippen LogP contribution in [-0.4, -0.2) is 92.4 Å². The number of carbonyl (C=O) groups is 6. The zero-order chi connectivity index (χ0) is 38.7. The summed E-state index contributed by atoms with van der Waals surface area (Å²) in [5, 5.41) is 31.6. The molecule has 0 saturated carbocycles. The molecule has 4 amide bonds.